The summed E-state index contributed by atoms with van der Waals surface area (Å²) in [4.78, 5) is 53.1. The van der Waals surface area contributed by atoms with Gasteiger partial charge in [0.25, 0.3) is 24.4 Å². The SMILES string of the molecule is BrB(Br)Br.BrCCCBr.CC#N.CC(=O)OB(OC(C)=O)OC(C)=O.CC(C)CN.COc1cc(C)c(O)c(O)c1.COc1cc(C)c(OC)c(O)c1.Cc1cc(C=O)cc2c1OCCCO2.Cc1cc(CNCC(C)C)cc2c1OCCCO2.O=CO[O-].[H-].[H-].[K+].[K+].[Na+]. The summed E-state index contributed by atoms with van der Waals surface area (Å²) in [5.41, 5.74) is 10.6. The number of hydrogen-bond acceptors (Lipinski definition) is 23. The Morgan fingerprint density at radius 2 is 1.09 bits per heavy atom. The van der Waals surface area contributed by atoms with Gasteiger partial charge in [0.1, 0.15) is 17.8 Å². The summed E-state index contributed by atoms with van der Waals surface area (Å²) in [6, 6.07) is 15.9. The number of phenols is 3. The molecule has 6 rings (SSSR count). The molecule has 0 bridgehead atoms. The second-order valence-electron chi connectivity index (χ2n) is 18.6. The number of aryl methyl sites for hydroxylation is 4. The van der Waals surface area contributed by atoms with Gasteiger partial charge in [0.2, 0.25) is 0 Å². The number of benzene rings is 4. The molecule has 504 valence electrons. The fourth-order valence-electron chi connectivity index (χ4n) is 6.15. The zero-order chi connectivity index (χ0) is 69.0. The van der Waals surface area contributed by atoms with E-state index in [0.29, 0.717) is 59.2 Å². The predicted molar refractivity (Wildman–Crippen MR) is 363 cm³/mol. The Balaban J connectivity index is -0.000000127. The van der Waals surface area contributed by atoms with E-state index in [1.807, 2.05) is 13.8 Å². The fraction of sp³-hybridized carbons (Fsp3) is 0.492. The maximum atomic E-state index is 10.6. The summed E-state index contributed by atoms with van der Waals surface area (Å²) < 4.78 is 50.6. The van der Waals surface area contributed by atoms with E-state index in [9.17, 15) is 24.3 Å². The van der Waals surface area contributed by atoms with Crippen molar-refractivity contribution in [1.82, 2.24) is 5.32 Å². The van der Waals surface area contributed by atoms with Gasteiger partial charge in [-0.1, -0.05) is 65.6 Å². The minimum Gasteiger partial charge on any atom is -1.00 e. The summed E-state index contributed by atoms with van der Waals surface area (Å²) in [6.45, 7) is 26.2. The number of aromatic hydroxyl groups is 3. The number of nitrogens with one attached hydrogen (secondary N) is 1. The first kappa shape index (κ1) is 104. The summed E-state index contributed by atoms with van der Waals surface area (Å²) >= 11 is 15.9. The summed E-state index contributed by atoms with van der Waals surface area (Å²) in [5, 5.41) is 49.0. The molecule has 0 saturated carbocycles. The Bertz CT molecular complexity index is 2600. The van der Waals surface area contributed by atoms with Gasteiger partial charge < -0.3 is 86.5 Å². The number of alkyl halides is 2. The Labute approximate surface area is 696 Å². The first-order chi connectivity index (χ1) is 42.0. The molecule has 0 aliphatic carbocycles. The second kappa shape index (κ2) is 66.8. The molecule has 4 aromatic rings. The monoisotopic (exact) mass is 1680 g/mol. The van der Waals surface area contributed by atoms with E-state index >= 15 is 0 Å². The number of carbonyl (C=O) groups is 5. The topological polar surface area (TPSA) is 332 Å². The van der Waals surface area contributed by atoms with Gasteiger partial charge >= 0.3 is 143 Å². The largest absolute Gasteiger partial charge is 1.00 e. The third kappa shape index (κ3) is 56.6. The molecule has 0 spiro atoms. The Morgan fingerprint density at radius 3 is 1.41 bits per heavy atom. The molecule has 0 saturated heterocycles. The van der Waals surface area contributed by atoms with Crippen LogP contribution < -0.4 is 182 Å². The van der Waals surface area contributed by atoms with Gasteiger partial charge in [-0.3, -0.25) is 24.0 Å². The van der Waals surface area contributed by atoms with Crippen LogP contribution in [0.4, 0.5) is 0 Å². The molecule has 2 aliphatic heterocycles. The molecule has 0 radical (unpaired) electrons. The number of nitriles is 1. The molecule has 0 aromatic heterocycles. The van der Waals surface area contributed by atoms with Crippen molar-refractivity contribution < 1.29 is 232 Å². The van der Waals surface area contributed by atoms with E-state index < -0.39 is 25.2 Å². The van der Waals surface area contributed by atoms with Crippen LogP contribution in [0.2, 0.25) is 0 Å². The molecule has 23 nitrogen and oxygen atoms in total. The Morgan fingerprint density at radius 1 is 0.696 bits per heavy atom. The van der Waals surface area contributed by atoms with E-state index in [1.165, 1.54) is 45.3 Å². The van der Waals surface area contributed by atoms with Crippen LogP contribution in [0.15, 0.2) is 48.5 Å². The van der Waals surface area contributed by atoms with Gasteiger partial charge in [0.15, 0.2) is 46.0 Å². The van der Waals surface area contributed by atoms with E-state index in [2.05, 4.69) is 150 Å². The number of phenolic OH excluding ortho intramolecular Hbond substituents is 3. The Hall–Kier alpha value is -1.40. The number of aldehydes is 1. The molecule has 2 heterocycles. The molecule has 0 unspecified atom stereocenters. The molecular formula is C59H89B2Br5K2N3NaO20. The summed E-state index contributed by atoms with van der Waals surface area (Å²) in [6.07, 6.45) is 3.88. The van der Waals surface area contributed by atoms with Crippen molar-refractivity contribution >= 4 is 120 Å². The first-order valence-corrected chi connectivity index (χ1v) is 32.2. The van der Waals surface area contributed by atoms with E-state index in [-0.39, 0.29) is 162 Å². The first-order valence-electron chi connectivity index (χ1n) is 27.2. The number of halogens is 5. The molecule has 6 N–H and O–H groups in total. The quantitative estimate of drug-likeness (QED) is 0.0285. The van der Waals surface area contributed by atoms with Gasteiger partial charge in [-0.05, 0) is 117 Å². The van der Waals surface area contributed by atoms with Crippen LogP contribution in [0.3, 0.4) is 0 Å². The maximum absolute atomic E-state index is 10.6. The molecular weight excluding hydrogens is 1590 g/mol. The van der Waals surface area contributed by atoms with E-state index in [1.54, 1.807) is 44.4 Å². The van der Waals surface area contributed by atoms with Crippen LogP contribution >= 0.6 is 79.1 Å². The smallest absolute Gasteiger partial charge is 1.00 e. The number of nitrogens with zero attached hydrogens (tertiary/aromatic N) is 1. The van der Waals surface area contributed by atoms with E-state index in [0.717, 1.165) is 117 Å². The normalized spacial score (nSPS) is 10.3. The van der Waals surface area contributed by atoms with Crippen molar-refractivity contribution in [1.29, 1.82) is 5.26 Å². The van der Waals surface area contributed by atoms with Crippen molar-refractivity contribution in [2.75, 3.05) is 71.5 Å². The third-order valence-electron chi connectivity index (χ3n) is 9.89. The standard InChI is InChI=1S/C15H23NO2.C11H12O3.C9H12O3.C8H10O3.C6H9BO6.C4H11N.C3H6Br2.C2H3N.CH2O3.BBr3.2K.Na.2H/c1-11(2)9-16-10-13-7-12(3)15-14(8-13)17-5-4-6-18-15;1-8-5-9(7-12)6-10-11(8)14-4-2-3-13-10;1-6-4-7(11-2)5-8(10)9(6)12-3;1-5-3-6(11-2)4-7(9)8(5)10;1-4(8)11-7(12-5(2)9)13-6(3)10;1-4(2)3-5;4-2-1-3-5;1-2-3;2-1-4-3;2-1(3)4;;;;;/h7-8,11,16H,4-6,9-10H2,1-3H3;5-7H,2-4H2,1H3;4-5,10H,1-3H3;3-4,9-10H,1-2H3;1-3H3;4H,3,5H2,1-2H3;1-3H2;1H3;1,3H;;;;;;/q;;;;;;;;;;3*+1;2*-1/p-1. The van der Waals surface area contributed by atoms with Crippen molar-refractivity contribution in [3.8, 4) is 63.6 Å². The van der Waals surface area contributed by atoms with Gasteiger partial charge in [0.05, 0.1) is 53.8 Å². The number of fused-ring (bicyclic) bond motifs is 2. The predicted octanol–water partition coefficient (Wildman–Crippen LogP) is 2.79. The average molecular weight is 1680 g/mol. The van der Waals surface area contributed by atoms with Crippen LogP contribution in [0.5, 0.6) is 57.5 Å². The maximum Gasteiger partial charge on any atom is 1.00 e. The Kier molecular flexibility index (Phi) is 75.6. The van der Waals surface area contributed by atoms with Crippen LogP contribution in [0.1, 0.15) is 116 Å². The number of methoxy groups -OCH3 is 3. The zero-order valence-corrected chi connectivity index (χ0v) is 72.4. The summed E-state index contributed by atoms with van der Waals surface area (Å²) in [7, 11) is 2.99. The summed E-state index contributed by atoms with van der Waals surface area (Å²) in [5.74, 6) is 3.99. The minimum absolute atomic E-state index is 0. The van der Waals surface area contributed by atoms with E-state index in [4.69, 9.17) is 64.4 Å². The molecule has 0 fully saturated rings. The number of rotatable bonds is 15. The fourth-order valence-corrected chi connectivity index (χ4v) is 7.47. The number of carbonyl (C=O) groups excluding carboxylic acids is 5. The minimum atomic E-state index is -1.59. The number of ether oxygens (including phenoxy) is 7. The van der Waals surface area contributed by atoms with Crippen LogP contribution in [-0.4, -0.2) is 128 Å². The van der Waals surface area contributed by atoms with Gasteiger partial charge in [-0.15, -0.1) is 47.3 Å². The van der Waals surface area contributed by atoms with Crippen LogP contribution in [0.25, 0.3) is 0 Å². The van der Waals surface area contributed by atoms with Gasteiger partial charge in [0, 0.05) is 75.4 Å². The second-order valence-corrected chi connectivity index (χ2v) is 26.6. The van der Waals surface area contributed by atoms with Crippen molar-refractivity contribution in [2.45, 2.75) is 109 Å². The molecule has 2 aliphatic rings. The third-order valence-corrected chi connectivity index (χ3v) is 11.0. The van der Waals surface area contributed by atoms with Gasteiger partial charge in [-0.2, -0.15) is 5.26 Å². The van der Waals surface area contributed by atoms with Gasteiger partial charge in [-0.25, -0.2) is 0 Å². The molecule has 0 atom stereocenters. The number of hydrogen-bond donors (Lipinski definition) is 5. The molecule has 92 heavy (non-hydrogen) atoms. The molecule has 4 aromatic carbocycles. The molecule has 33 heteroatoms. The van der Waals surface area contributed by atoms with Crippen LogP contribution in [-0.2, 0) is 44.6 Å². The number of nitrogens with two attached hydrogens (primary N) is 1. The van der Waals surface area contributed by atoms with Crippen molar-refractivity contribution in [3.63, 3.8) is 0 Å². The van der Waals surface area contributed by atoms with Crippen molar-refractivity contribution in [2.24, 2.45) is 17.6 Å². The average Bonchev–Trinajstić information content (AvgIpc) is 1.39. The zero-order valence-electron chi connectivity index (χ0n) is 58.3. The van der Waals surface area contributed by atoms with Crippen molar-refractivity contribution in [3.05, 3.63) is 81.9 Å². The van der Waals surface area contributed by atoms with Crippen LogP contribution in [0, 0.1) is 50.9 Å². The molecule has 0 amide bonds.